The van der Waals surface area contributed by atoms with Gasteiger partial charge in [0, 0.05) is 57.3 Å². The Morgan fingerprint density at radius 1 is 0.941 bits per heavy atom. The van der Waals surface area contributed by atoms with Gasteiger partial charge in [-0.1, -0.05) is 48.5 Å². The van der Waals surface area contributed by atoms with Crippen LogP contribution in [0.2, 0.25) is 0 Å². The number of carbonyl (C=O) groups excluding carboxylic acids is 1. The summed E-state index contributed by atoms with van der Waals surface area (Å²) in [5.74, 6) is 1.82. The summed E-state index contributed by atoms with van der Waals surface area (Å²) in [6.07, 6.45) is 3.25. The van der Waals surface area contributed by atoms with Crippen molar-refractivity contribution in [3.63, 3.8) is 0 Å². The smallest absolute Gasteiger partial charge is 0.236 e. The van der Waals surface area contributed by atoms with E-state index in [0.717, 1.165) is 64.3 Å². The number of piperazine rings is 1. The number of carbonyl (C=O) groups is 1. The van der Waals surface area contributed by atoms with Crippen LogP contribution in [0.25, 0.3) is 0 Å². The van der Waals surface area contributed by atoms with Gasteiger partial charge in [-0.15, -0.1) is 0 Å². The first-order valence-electron chi connectivity index (χ1n) is 12.9. The average molecular weight is 463 g/mol. The summed E-state index contributed by atoms with van der Waals surface area (Å²) in [7, 11) is 2.15. The molecule has 3 fully saturated rings. The lowest BCUT2D eigenvalue weighted by Crippen LogP contribution is -2.51. The van der Waals surface area contributed by atoms with Crippen LogP contribution in [0.1, 0.15) is 36.3 Å². The van der Waals surface area contributed by atoms with Crippen molar-refractivity contribution in [2.24, 2.45) is 0 Å². The molecule has 1 amide bonds. The molecule has 2 heterocycles. The minimum Gasteiger partial charge on any atom is -0.489 e. The number of para-hydroxylation sites is 1. The molecule has 1 aliphatic carbocycles. The lowest BCUT2D eigenvalue weighted by Gasteiger charge is -2.36. The predicted molar refractivity (Wildman–Crippen MR) is 135 cm³/mol. The van der Waals surface area contributed by atoms with E-state index in [9.17, 15) is 4.79 Å². The Labute approximate surface area is 203 Å². The van der Waals surface area contributed by atoms with Crippen molar-refractivity contribution in [3.05, 3.63) is 65.7 Å². The first-order valence-corrected chi connectivity index (χ1v) is 12.9. The summed E-state index contributed by atoms with van der Waals surface area (Å²) in [4.78, 5) is 19.5. The molecule has 0 spiro atoms. The van der Waals surface area contributed by atoms with Crippen molar-refractivity contribution in [1.29, 1.82) is 0 Å². The Morgan fingerprint density at radius 2 is 1.65 bits per heavy atom. The summed E-state index contributed by atoms with van der Waals surface area (Å²) in [5, 5.41) is 3.88. The first-order chi connectivity index (χ1) is 16.7. The van der Waals surface area contributed by atoms with E-state index in [4.69, 9.17) is 4.74 Å². The normalized spacial score (nSPS) is 24.2. The van der Waals surface area contributed by atoms with Crippen LogP contribution in [0.3, 0.4) is 0 Å². The summed E-state index contributed by atoms with van der Waals surface area (Å²) in [6, 6.07) is 19.8. The van der Waals surface area contributed by atoms with Crippen LogP contribution >= 0.6 is 0 Å². The highest BCUT2D eigenvalue weighted by Crippen LogP contribution is 2.45. The number of likely N-dealkylation sites (tertiary alicyclic amines) is 1. The van der Waals surface area contributed by atoms with Gasteiger partial charge < -0.3 is 19.9 Å². The van der Waals surface area contributed by atoms with Crippen molar-refractivity contribution in [2.75, 3.05) is 52.9 Å². The molecule has 1 N–H and O–H groups in total. The number of piperidine rings is 1. The predicted octanol–water partition coefficient (Wildman–Crippen LogP) is 2.95. The van der Waals surface area contributed by atoms with Crippen molar-refractivity contribution < 1.29 is 9.53 Å². The van der Waals surface area contributed by atoms with Crippen LogP contribution in [-0.2, 0) is 11.4 Å². The molecule has 2 aromatic carbocycles. The molecule has 0 aromatic heterocycles. The second-order valence-electron chi connectivity index (χ2n) is 10.2. The highest BCUT2D eigenvalue weighted by Gasteiger charge is 2.41. The molecule has 5 rings (SSSR count). The summed E-state index contributed by atoms with van der Waals surface area (Å²) in [5.41, 5.74) is 2.51. The molecular weight excluding hydrogens is 424 g/mol. The van der Waals surface area contributed by atoms with Gasteiger partial charge in [0.2, 0.25) is 5.91 Å². The van der Waals surface area contributed by atoms with Gasteiger partial charge >= 0.3 is 0 Å². The fourth-order valence-electron chi connectivity index (χ4n) is 5.27. The van der Waals surface area contributed by atoms with Crippen LogP contribution < -0.4 is 10.1 Å². The molecule has 2 aromatic rings. The Kier molecular flexibility index (Phi) is 7.48. The molecule has 0 bridgehead atoms. The molecule has 6 heteroatoms. The Hall–Kier alpha value is -2.41. The highest BCUT2D eigenvalue weighted by molar-refractivity contribution is 5.78. The summed E-state index contributed by atoms with van der Waals surface area (Å²) < 4.78 is 6.19. The fourth-order valence-corrected chi connectivity index (χ4v) is 5.27. The molecule has 2 atom stereocenters. The number of benzene rings is 2. The van der Waals surface area contributed by atoms with Crippen molar-refractivity contribution >= 4 is 5.91 Å². The van der Waals surface area contributed by atoms with E-state index in [2.05, 4.69) is 75.6 Å². The van der Waals surface area contributed by atoms with Gasteiger partial charge in [0.15, 0.2) is 0 Å². The number of nitrogens with one attached hydrogen (secondary N) is 1. The number of hydrogen-bond donors (Lipinski definition) is 1. The molecule has 6 nitrogen and oxygen atoms in total. The van der Waals surface area contributed by atoms with Gasteiger partial charge in [-0.25, -0.2) is 0 Å². The number of nitrogens with zero attached hydrogens (tertiary/aromatic N) is 3. The number of ether oxygens (including phenoxy) is 1. The monoisotopic (exact) mass is 462 g/mol. The van der Waals surface area contributed by atoms with Crippen molar-refractivity contribution in [3.8, 4) is 5.75 Å². The van der Waals surface area contributed by atoms with Crippen LogP contribution in [0.4, 0.5) is 0 Å². The summed E-state index contributed by atoms with van der Waals surface area (Å²) >= 11 is 0. The standard InChI is InChI=1S/C28H38N4O2/c1-30-15-17-31(18-16-30)20-28(33)32-13-11-23(12-14-32)29-26-19-25(26)24-9-5-6-10-27(24)34-21-22-7-3-2-4-8-22/h2-10,23,25-26,29H,11-21H2,1H3. The first kappa shape index (κ1) is 23.3. The van der Waals surface area contributed by atoms with Gasteiger partial charge in [-0.2, -0.15) is 0 Å². The molecule has 2 saturated heterocycles. The zero-order chi connectivity index (χ0) is 23.3. The minimum atomic E-state index is 0.303. The molecular formula is C28H38N4O2. The van der Waals surface area contributed by atoms with Gasteiger partial charge in [0.25, 0.3) is 0 Å². The molecule has 1 saturated carbocycles. The lowest BCUT2D eigenvalue weighted by atomic mass is 10.0. The van der Waals surface area contributed by atoms with Gasteiger partial charge in [-0.05, 0) is 43.5 Å². The van der Waals surface area contributed by atoms with Gasteiger partial charge in [0.05, 0.1) is 6.54 Å². The zero-order valence-electron chi connectivity index (χ0n) is 20.4. The van der Waals surface area contributed by atoms with Crippen LogP contribution in [-0.4, -0.2) is 85.6 Å². The lowest BCUT2D eigenvalue weighted by molar-refractivity contribution is -0.133. The number of hydrogen-bond acceptors (Lipinski definition) is 5. The second kappa shape index (κ2) is 10.9. The van der Waals surface area contributed by atoms with Crippen LogP contribution in [0, 0.1) is 0 Å². The Bertz CT molecular complexity index is 936. The molecule has 34 heavy (non-hydrogen) atoms. The minimum absolute atomic E-state index is 0.303. The number of likely N-dealkylation sites (N-methyl/N-ethyl adjacent to an activating group) is 1. The van der Waals surface area contributed by atoms with Gasteiger partial charge in [0.1, 0.15) is 12.4 Å². The Morgan fingerprint density at radius 3 is 2.41 bits per heavy atom. The molecule has 2 unspecified atom stereocenters. The largest absolute Gasteiger partial charge is 0.489 e. The van der Waals surface area contributed by atoms with Crippen molar-refractivity contribution in [2.45, 2.75) is 43.9 Å². The maximum absolute atomic E-state index is 12.8. The summed E-state index contributed by atoms with van der Waals surface area (Å²) in [6.45, 7) is 7.04. The maximum Gasteiger partial charge on any atom is 0.236 e. The van der Waals surface area contributed by atoms with E-state index < -0.39 is 0 Å². The van der Waals surface area contributed by atoms with E-state index >= 15 is 0 Å². The average Bonchev–Trinajstić information content (AvgIpc) is 3.64. The quantitative estimate of drug-likeness (QED) is 0.654. The van der Waals surface area contributed by atoms with E-state index in [1.807, 2.05) is 6.07 Å². The van der Waals surface area contributed by atoms with E-state index in [1.165, 1.54) is 11.1 Å². The van der Waals surface area contributed by atoms with Gasteiger partial charge in [-0.3, -0.25) is 9.69 Å². The third kappa shape index (κ3) is 5.98. The van der Waals surface area contributed by atoms with E-state index in [-0.39, 0.29) is 0 Å². The maximum atomic E-state index is 12.8. The second-order valence-corrected chi connectivity index (χ2v) is 10.2. The molecule has 3 aliphatic rings. The number of amides is 1. The highest BCUT2D eigenvalue weighted by atomic mass is 16.5. The molecule has 182 valence electrons. The SMILES string of the molecule is CN1CCN(CC(=O)N2CCC(NC3CC3c3ccccc3OCc3ccccc3)CC2)CC1. The molecule has 2 aliphatic heterocycles. The zero-order valence-corrected chi connectivity index (χ0v) is 20.4. The van der Waals surface area contributed by atoms with Crippen LogP contribution in [0.15, 0.2) is 54.6 Å². The van der Waals surface area contributed by atoms with E-state index in [0.29, 0.717) is 37.1 Å². The third-order valence-corrected chi connectivity index (χ3v) is 7.60. The third-order valence-electron chi connectivity index (χ3n) is 7.60. The van der Waals surface area contributed by atoms with E-state index in [1.54, 1.807) is 0 Å². The molecule has 0 radical (unpaired) electrons. The number of rotatable bonds is 8. The van der Waals surface area contributed by atoms with Crippen LogP contribution in [0.5, 0.6) is 5.75 Å². The topological polar surface area (TPSA) is 48.0 Å². The Balaban J connectivity index is 1.06. The van der Waals surface area contributed by atoms with Crippen molar-refractivity contribution in [1.82, 2.24) is 20.0 Å². The fraction of sp³-hybridized carbons (Fsp3) is 0.536.